The molecule has 0 fully saturated rings. The summed E-state index contributed by atoms with van der Waals surface area (Å²) >= 11 is 0. The van der Waals surface area contributed by atoms with Crippen LogP contribution in [0.1, 0.15) is 0 Å². The van der Waals surface area contributed by atoms with Crippen molar-refractivity contribution >= 4 is 10.1 Å². The van der Waals surface area contributed by atoms with Gasteiger partial charge in [-0.15, -0.1) is 0 Å². The van der Waals surface area contributed by atoms with Gasteiger partial charge in [0.2, 0.25) is 0 Å². The zero-order valence-corrected chi connectivity index (χ0v) is 11.6. The van der Waals surface area contributed by atoms with Gasteiger partial charge >= 0.3 is 0 Å². The molecule has 0 aliphatic carbocycles. The van der Waals surface area contributed by atoms with E-state index in [0.717, 1.165) is 0 Å². The third-order valence-electron chi connectivity index (χ3n) is 0. The Balaban J connectivity index is -0.0000000800. The van der Waals surface area contributed by atoms with Crippen LogP contribution in [0.4, 0.5) is 0 Å². The van der Waals surface area contributed by atoms with Gasteiger partial charge in [-0.25, -0.2) is 8.42 Å². The predicted molar refractivity (Wildman–Crippen MR) is 22.0 cm³/mol. The van der Waals surface area contributed by atoms with E-state index in [-0.39, 0.29) is 7.43 Å². The molecule has 0 rings (SSSR count). The van der Waals surface area contributed by atoms with Crippen molar-refractivity contribution in [3.63, 3.8) is 0 Å². The van der Waals surface area contributed by atoms with Gasteiger partial charge in [-0.05, 0) is 0 Å². The zero-order valence-electron chi connectivity index (χ0n) is 4.34. The van der Waals surface area contributed by atoms with Crippen LogP contribution in [0, 0.1) is 7.43 Å². The van der Waals surface area contributed by atoms with E-state index < -0.39 is 10.1 Å². The molecule has 3 nitrogen and oxygen atoms in total. The topological polar surface area (TPSA) is 57.2 Å². The summed E-state index contributed by atoms with van der Waals surface area (Å²) < 4.78 is 27.2. The Hall–Kier alpha value is -1.09. The summed E-state index contributed by atoms with van der Waals surface area (Å²) in [5, 5.41) is 0. The van der Waals surface area contributed by atoms with Gasteiger partial charge in [-0.3, -0.25) is 0 Å². The second-order valence-electron chi connectivity index (χ2n) is 0.704. The summed E-state index contributed by atoms with van der Waals surface area (Å²) in [6.45, 7) is 0. The van der Waals surface area contributed by atoms with Gasteiger partial charge in [0, 0.05) is 6.26 Å². The Labute approximate surface area is 37.7 Å². The first-order valence-electron chi connectivity index (χ1n) is 0.908. The third kappa shape index (κ3) is 35.0. The van der Waals surface area contributed by atoms with Gasteiger partial charge in [0.1, 0.15) is 0 Å². The van der Waals surface area contributed by atoms with Crippen molar-refractivity contribution in [2.24, 2.45) is 0 Å². The van der Waals surface area contributed by atoms with Crippen LogP contribution in [0.5, 0.6) is 0 Å². The first kappa shape index (κ1) is 16.8. The molecule has 0 radical (unpaired) electrons. The molecule has 5 heteroatoms. The first-order valence-corrected chi connectivity index (χ1v) is 2.72. The molecular formula is C2H6O3RfS-2. The summed E-state index contributed by atoms with van der Waals surface area (Å²) in [6.07, 6.45) is 0.604. The standard InChI is InChI=1S/CH4O3S.CH3.Rf/c1-5(2,3)4;;/h1H3,(H,2,3,4);1H3;/q;-1;/p-1. The quantitative estimate of drug-likeness (QED) is 0.427. The molecule has 0 aromatic heterocycles. The fraction of sp³-hybridized carbons (Fsp3) is 0.500. The maximum atomic E-state index is 9.08. The van der Waals surface area contributed by atoms with Crippen molar-refractivity contribution in [3.05, 3.63) is 7.43 Å². The molecule has 0 aliphatic rings. The molecular weight excluding hydrogens is 371 g/mol. The summed E-state index contributed by atoms with van der Waals surface area (Å²) in [7, 11) is -3.92. The van der Waals surface area contributed by atoms with E-state index in [1.807, 2.05) is 0 Å². The minimum absolute atomic E-state index is 0. The Bertz CT molecular complexity index is 96.1. The van der Waals surface area contributed by atoms with Gasteiger partial charge in [0.05, 0.1) is 10.1 Å². The molecule has 7 heavy (non-hydrogen) atoms. The average molecular weight is 377 g/mol. The Kier molecular flexibility index (Phi) is 7.48. The summed E-state index contributed by atoms with van der Waals surface area (Å²) in [6, 6.07) is 0. The fourth-order valence-electron chi connectivity index (χ4n) is 0. The molecule has 0 bridgehead atoms. The SMILES string of the molecule is CS(=O)(=O)[O-].[CH3-].[Rf]. The van der Waals surface area contributed by atoms with Gasteiger partial charge < -0.3 is 12.0 Å². The summed E-state index contributed by atoms with van der Waals surface area (Å²) in [4.78, 5) is 0. The van der Waals surface area contributed by atoms with Crippen molar-refractivity contribution in [3.8, 4) is 0 Å². The van der Waals surface area contributed by atoms with Gasteiger partial charge in [0.15, 0.2) is 0 Å². The van der Waals surface area contributed by atoms with E-state index in [4.69, 9.17) is 13.0 Å². The molecule has 0 aliphatic heterocycles. The maximum Gasteiger partial charge on any atom is 0.0916 e. The molecule has 0 spiro atoms. The monoisotopic (exact) mass is 377 g/mol. The molecule has 0 saturated carbocycles. The molecule has 0 atom stereocenters. The largest absolute Gasteiger partial charge is 0.748 e. The molecule has 0 N–H and O–H groups in total. The second kappa shape index (κ2) is 3.11. The molecule has 0 aromatic carbocycles. The van der Waals surface area contributed by atoms with E-state index in [2.05, 4.69) is 0 Å². The summed E-state index contributed by atoms with van der Waals surface area (Å²) in [5.41, 5.74) is 0. The molecule has 0 amide bonds. The smallest absolute Gasteiger partial charge is 0.0916 e. The van der Waals surface area contributed by atoms with E-state index in [9.17, 15) is 0 Å². The van der Waals surface area contributed by atoms with Gasteiger partial charge in [0.25, 0.3) is 0 Å². The van der Waals surface area contributed by atoms with Crippen LogP contribution in [-0.2, 0) is 10.1 Å². The Morgan fingerprint density at radius 3 is 1.43 bits per heavy atom. The van der Waals surface area contributed by atoms with Crippen LogP contribution < -0.4 is 0 Å². The van der Waals surface area contributed by atoms with Crippen LogP contribution in [0.2, 0.25) is 0 Å². The van der Waals surface area contributed by atoms with Crippen molar-refractivity contribution in [2.75, 3.05) is 6.26 Å². The Morgan fingerprint density at radius 1 is 1.43 bits per heavy atom. The average Bonchev–Trinajstić information content (AvgIpc) is 0.722. The third-order valence-corrected chi connectivity index (χ3v) is 0. The molecule has 0 saturated heterocycles. The van der Waals surface area contributed by atoms with Crippen LogP contribution >= 0.6 is 0 Å². The maximum absolute atomic E-state index is 9.08. The van der Waals surface area contributed by atoms with Crippen LogP contribution in [0.3, 0.4) is 0 Å². The molecule has 42 valence electrons. The van der Waals surface area contributed by atoms with Crippen LogP contribution in [0.25, 0.3) is 0 Å². The van der Waals surface area contributed by atoms with E-state index in [1.54, 1.807) is 0 Å². The first-order chi connectivity index (χ1) is 2.00. The predicted octanol–water partition coefficient (Wildman–Crippen LogP) is -0.388. The molecule has 0 aromatic rings. The molecule has 0 heterocycles. The Morgan fingerprint density at radius 2 is 1.43 bits per heavy atom. The van der Waals surface area contributed by atoms with Gasteiger partial charge in [-0.2, -0.15) is 0 Å². The summed E-state index contributed by atoms with van der Waals surface area (Å²) in [5.74, 6) is 0. The van der Waals surface area contributed by atoms with Crippen molar-refractivity contribution in [1.29, 1.82) is 0 Å². The van der Waals surface area contributed by atoms with E-state index in [0.29, 0.717) is 6.26 Å². The minimum atomic E-state index is -3.92. The number of rotatable bonds is 0. The van der Waals surface area contributed by atoms with Crippen molar-refractivity contribution in [1.82, 2.24) is 0 Å². The number of hydrogen-bond donors (Lipinski definition) is 0. The molecule has 0 unspecified atom stereocenters. The van der Waals surface area contributed by atoms with Crippen molar-refractivity contribution < 1.29 is 13.0 Å². The normalized spacial score (nSPS) is 8.29. The van der Waals surface area contributed by atoms with Crippen molar-refractivity contribution in [2.45, 2.75) is 0 Å². The van der Waals surface area contributed by atoms with E-state index >= 15 is 0 Å². The van der Waals surface area contributed by atoms with Crippen LogP contribution in [-0.4, -0.2) is 19.2 Å². The van der Waals surface area contributed by atoms with E-state index in [1.165, 1.54) is 0 Å². The van der Waals surface area contributed by atoms with Gasteiger partial charge in [-0.1, -0.05) is 0 Å². The second-order valence-corrected chi connectivity index (χ2v) is 2.11. The number of hydrogen-bond acceptors (Lipinski definition) is 3. The van der Waals surface area contributed by atoms with Crippen LogP contribution in [0.15, 0.2) is 0 Å². The zero-order chi connectivity index (χ0) is 4.50. The minimum Gasteiger partial charge on any atom is -0.748 e. The fourth-order valence-corrected chi connectivity index (χ4v) is 0.